The number of carbonyl (C=O) groups excluding carboxylic acids is 1. The molecule has 0 saturated heterocycles. The predicted molar refractivity (Wildman–Crippen MR) is 87.9 cm³/mol. The third kappa shape index (κ3) is 14.8. The van der Waals surface area contributed by atoms with E-state index in [1.54, 1.807) is 0 Å². The van der Waals surface area contributed by atoms with Crippen LogP contribution >= 0.6 is 0 Å². The van der Waals surface area contributed by atoms with E-state index in [0.29, 0.717) is 25.8 Å². The Morgan fingerprint density at radius 2 is 1.48 bits per heavy atom. The number of hydrogen-bond acceptors (Lipinski definition) is 5. The summed E-state index contributed by atoms with van der Waals surface area (Å²) in [5.74, 6) is 0.191. The van der Waals surface area contributed by atoms with Crippen molar-refractivity contribution in [3.05, 3.63) is 24.0 Å². The summed E-state index contributed by atoms with van der Waals surface area (Å²) in [4.78, 5) is 10.5. The van der Waals surface area contributed by atoms with Crippen molar-refractivity contribution in [2.75, 3.05) is 19.8 Å². The Morgan fingerprint density at radius 1 is 1.05 bits per heavy atom. The molecule has 0 amide bonds. The van der Waals surface area contributed by atoms with E-state index < -0.39 is 5.60 Å². The standard InChI is InChI=1S/C8H18O3Si.C7H12O2/c1-4-9-7(10-5-2)8(12)11-6-3;1-5-6(8)9-7(2,3)4/h4-6H2,1-3,12H3;5H,1H2,2-4H3. The first kappa shape index (κ1) is 21.9. The van der Waals surface area contributed by atoms with Gasteiger partial charge in [0.1, 0.15) is 11.0 Å². The molecule has 0 unspecified atom stereocenters. The molecule has 0 fully saturated rings. The van der Waals surface area contributed by atoms with Gasteiger partial charge in [-0.3, -0.25) is 0 Å². The molecule has 0 atom stereocenters. The quantitative estimate of drug-likeness (QED) is 0.311. The summed E-state index contributed by atoms with van der Waals surface area (Å²) in [5, 5.41) is 0.848. The van der Waals surface area contributed by atoms with Crippen LogP contribution in [-0.4, -0.2) is 41.6 Å². The van der Waals surface area contributed by atoms with E-state index in [-0.39, 0.29) is 5.97 Å². The molecule has 0 bridgehead atoms. The summed E-state index contributed by atoms with van der Waals surface area (Å²) < 4.78 is 20.7. The van der Waals surface area contributed by atoms with Crippen LogP contribution in [0.3, 0.4) is 0 Å². The van der Waals surface area contributed by atoms with Crippen LogP contribution in [0.4, 0.5) is 0 Å². The van der Waals surface area contributed by atoms with E-state index in [4.69, 9.17) is 18.9 Å². The Kier molecular flexibility index (Phi) is 12.8. The van der Waals surface area contributed by atoms with Gasteiger partial charge in [0.25, 0.3) is 0 Å². The minimum Gasteiger partial charge on any atom is -0.497 e. The average Bonchev–Trinajstić information content (AvgIpc) is 2.37. The molecule has 0 aliphatic rings. The number of hydrogen-bond donors (Lipinski definition) is 0. The van der Waals surface area contributed by atoms with Gasteiger partial charge >= 0.3 is 11.9 Å². The van der Waals surface area contributed by atoms with Gasteiger partial charge in [-0.05, 0) is 41.5 Å². The van der Waals surface area contributed by atoms with E-state index in [1.165, 1.54) is 0 Å². The zero-order valence-electron chi connectivity index (χ0n) is 14.4. The molecule has 0 rings (SSSR count). The summed E-state index contributed by atoms with van der Waals surface area (Å²) in [6, 6.07) is 0. The maximum Gasteiger partial charge on any atom is 0.330 e. The Labute approximate surface area is 131 Å². The zero-order valence-corrected chi connectivity index (χ0v) is 16.4. The smallest absolute Gasteiger partial charge is 0.330 e. The van der Waals surface area contributed by atoms with Gasteiger partial charge in [0, 0.05) is 6.08 Å². The van der Waals surface area contributed by atoms with Crippen molar-refractivity contribution < 1.29 is 23.7 Å². The number of rotatable bonds is 7. The summed E-state index contributed by atoms with van der Waals surface area (Å²) in [6.45, 7) is 16.4. The second-order valence-electron chi connectivity index (χ2n) is 4.88. The molecule has 5 nitrogen and oxygen atoms in total. The van der Waals surface area contributed by atoms with Crippen LogP contribution in [0.2, 0.25) is 0 Å². The fourth-order valence-corrected chi connectivity index (χ4v) is 1.70. The third-order valence-electron chi connectivity index (χ3n) is 1.77. The lowest BCUT2D eigenvalue weighted by Gasteiger charge is -2.17. The first-order valence-electron chi connectivity index (χ1n) is 7.16. The first-order valence-corrected chi connectivity index (χ1v) is 8.16. The van der Waals surface area contributed by atoms with Gasteiger partial charge < -0.3 is 18.9 Å². The maximum atomic E-state index is 10.5. The molecule has 0 N–H and O–H groups in total. The van der Waals surface area contributed by atoms with Crippen LogP contribution in [-0.2, 0) is 23.7 Å². The number of ether oxygens (including phenoxy) is 4. The van der Waals surface area contributed by atoms with Crippen LogP contribution in [0, 0.1) is 0 Å². The molecule has 21 heavy (non-hydrogen) atoms. The first-order chi connectivity index (χ1) is 9.71. The predicted octanol–water partition coefficient (Wildman–Crippen LogP) is 2.10. The normalized spacial score (nSPS) is 9.81. The topological polar surface area (TPSA) is 54.0 Å². The monoisotopic (exact) mass is 318 g/mol. The Bertz CT molecular complexity index is 323. The second-order valence-corrected chi connectivity index (χ2v) is 5.79. The van der Waals surface area contributed by atoms with E-state index in [2.05, 4.69) is 6.58 Å². The van der Waals surface area contributed by atoms with E-state index in [0.717, 1.165) is 21.7 Å². The summed E-state index contributed by atoms with van der Waals surface area (Å²) in [7, 11) is 0.818. The second kappa shape index (κ2) is 12.3. The van der Waals surface area contributed by atoms with Gasteiger partial charge in [-0.2, -0.15) is 0 Å². The molecule has 0 aliphatic carbocycles. The van der Waals surface area contributed by atoms with E-state index >= 15 is 0 Å². The number of carbonyl (C=O) groups is 1. The lowest BCUT2D eigenvalue weighted by atomic mass is 10.2. The summed E-state index contributed by atoms with van der Waals surface area (Å²) in [5.41, 5.74) is -0.398. The van der Waals surface area contributed by atoms with Crippen molar-refractivity contribution >= 4 is 16.2 Å². The highest BCUT2D eigenvalue weighted by Gasteiger charge is 2.12. The van der Waals surface area contributed by atoms with Crippen LogP contribution < -0.4 is 0 Å². The van der Waals surface area contributed by atoms with Crippen LogP contribution in [0.25, 0.3) is 0 Å². The molecule has 124 valence electrons. The van der Waals surface area contributed by atoms with Crippen LogP contribution in [0.5, 0.6) is 0 Å². The van der Waals surface area contributed by atoms with Gasteiger partial charge in [0.15, 0.2) is 0 Å². The van der Waals surface area contributed by atoms with Crippen molar-refractivity contribution in [1.82, 2.24) is 0 Å². The van der Waals surface area contributed by atoms with Gasteiger partial charge in [-0.25, -0.2) is 4.79 Å². The van der Waals surface area contributed by atoms with Crippen LogP contribution in [0.1, 0.15) is 41.5 Å². The van der Waals surface area contributed by atoms with Crippen LogP contribution in [0.15, 0.2) is 24.0 Å². The molecule has 0 aliphatic heterocycles. The number of esters is 1. The SMILES string of the molecule is C=CC(=O)OC(C)(C)C.CCOC([SiH3])=C(OCC)OCC. The van der Waals surface area contributed by atoms with Gasteiger partial charge in [0.05, 0.1) is 30.1 Å². The molecule has 0 heterocycles. The van der Waals surface area contributed by atoms with Crippen molar-refractivity contribution in [3.8, 4) is 0 Å². The Balaban J connectivity index is 0. The van der Waals surface area contributed by atoms with Gasteiger partial charge in [-0.15, -0.1) is 0 Å². The van der Waals surface area contributed by atoms with E-state index in [9.17, 15) is 4.79 Å². The highest BCUT2D eigenvalue weighted by atomic mass is 28.1. The van der Waals surface area contributed by atoms with Crippen molar-refractivity contribution in [2.24, 2.45) is 0 Å². The molecular formula is C15H30O5Si. The Hall–Kier alpha value is -1.43. The lowest BCUT2D eigenvalue weighted by molar-refractivity contribution is -0.148. The highest BCUT2D eigenvalue weighted by molar-refractivity contribution is 6.20. The zero-order chi connectivity index (χ0) is 16.9. The third-order valence-corrected chi connectivity index (χ3v) is 2.47. The average molecular weight is 318 g/mol. The fourth-order valence-electron chi connectivity index (χ4n) is 1.13. The fraction of sp³-hybridized carbons (Fsp3) is 0.667. The van der Waals surface area contributed by atoms with Gasteiger partial charge in [-0.1, -0.05) is 6.58 Å². The molecule has 0 radical (unpaired) electrons. The molecule has 0 aromatic heterocycles. The summed E-state index contributed by atoms with van der Waals surface area (Å²) >= 11 is 0. The maximum absolute atomic E-state index is 10.5. The van der Waals surface area contributed by atoms with Gasteiger partial charge in [0.2, 0.25) is 0 Å². The highest BCUT2D eigenvalue weighted by Crippen LogP contribution is 2.07. The van der Waals surface area contributed by atoms with E-state index in [1.807, 2.05) is 41.5 Å². The molecule has 0 aromatic carbocycles. The molecule has 0 saturated carbocycles. The molecule has 6 heteroatoms. The largest absolute Gasteiger partial charge is 0.497 e. The van der Waals surface area contributed by atoms with Crippen molar-refractivity contribution in [3.63, 3.8) is 0 Å². The molecular weight excluding hydrogens is 288 g/mol. The van der Waals surface area contributed by atoms with Crippen molar-refractivity contribution in [2.45, 2.75) is 47.1 Å². The molecule has 0 spiro atoms. The minimum atomic E-state index is -0.398. The molecule has 0 aromatic rings. The Morgan fingerprint density at radius 3 is 1.71 bits per heavy atom. The lowest BCUT2D eigenvalue weighted by Crippen LogP contribution is -2.22. The summed E-state index contributed by atoms with van der Waals surface area (Å²) in [6.07, 6.45) is 1.16. The minimum absolute atomic E-state index is 0.373. The van der Waals surface area contributed by atoms with Crippen molar-refractivity contribution in [1.29, 1.82) is 0 Å².